The summed E-state index contributed by atoms with van der Waals surface area (Å²) in [5.74, 6) is 0.597. The number of esters is 1. The van der Waals surface area contributed by atoms with Crippen LogP contribution in [0.4, 0.5) is 5.69 Å². The molecule has 0 saturated heterocycles. The van der Waals surface area contributed by atoms with Crippen LogP contribution >= 0.6 is 0 Å². The van der Waals surface area contributed by atoms with Gasteiger partial charge in [-0.15, -0.1) is 0 Å². The standard InChI is InChI=1S/C23H27NO5/c1-15(2)17-6-10-19(11-7-17)24-23(26)16(3)29-22(25)13-9-18-8-12-20(27-4)14-21(18)28-5/h6-16H,1-5H3,(H,24,26)/b13-9+/t16-/m0/s1. The van der Waals surface area contributed by atoms with Gasteiger partial charge in [0.1, 0.15) is 11.5 Å². The van der Waals surface area contributed by atoms with Crippen molar-refractivity contribution in [3.63, 3.8) is 0 Å². The van der Waals surface area contributed by atoms with Crippen molar-refractivity contribution in [2.24, 2.45) is 0 Å². The zero-order valence-electron chi connectivity index (χ0n) is 17.4. The van der Waals surface area contributed by atoms with Crippen molar-refractivity contribution in [3.05, 3.63) is 59.7 Å². The summed E-state index contributed by atoms with van der Waals surface area (Å²) < 4.78 is 15.6. The number of hydrogen-bond donors (Lipinski definition) is 1. The zero-order chi connectivity index (χ0) is 21.4. The van der Waals surface area contributed by atoms with Crippen molar-refractivity contribution in [3.8, 4) is 11.5 Å². The van der Waals surface area contributed by atoms with E-state index in [0.29, 0.717) is 28.7 Å². The molecule has 0 fully saturated rings. The molecule has 0 radical (unpaired) electrons. The molecule has 0 spiro atoms. The SMILES string of the molecule is COc1ccc(/C=C/C(=O)O[C@@H](C)C(=O)Nc2ccc(C(C)C)cc2)c(OC)c1. The Morgan fingerprint density at radius 1 is 0.966 bits per heavy atom. The summed E-state index contributed by atoms with van der Waals surface area (Å²) in [4.78, 5) is 24.3. The van der Waals surface area contributed by atoms with Crippen LogP contribution in [0.25, 0.3) is 6.08 Å². The number of nitrogens with one attached hydrogen (secondary N) is 1. The molecule has 0 bridgehead atoms. The van der Waals surface area contributed by atoms with E-state index in [2.05, 4.69) is 19.2 Å². The topological polar surface area (TPSA) is 73.9 Å². The van der Waals surface area contributed by atoms with Gasteiger partial charge < -0.3 is 19.5 Å². The Hall–Kier alpha value is -3.28. The monoisotopic (exact) mass is 397 g/mol. The summed E-state index contributed by atoms with van der Waals surface area (Å²) in [5, 5.41) is 2.74. The van der Waals surface area contributed by atoms with Gasteiger partial charge in [0.25, 0.3) is 5.91 Å². The molecule has 0 aliphatic carbocycles. The molecule has 2 aromatic rings. The summed E-state index contributed by atoms with van der Waals surface area (Å²) >= 11 is 0. The number of carbonyl (C=O) groups is 2. The number of ether oxygens (including phenoxy) is 3. The minimum atomic E-state index is -0.935. The Morgan fingerprint density at radius 2 is 1.66 bits per heavy atom. The van der Waals surface area contributed by atoms with Gasteiger partial charge in [-0.25, -0.2) is 4.79 Å². The Morgan fingerprint density at radius 3 is 2.24 bits per heavy atom. The van der Waals surface area contributed by atoms with Gasteiger partial charge in [-0.1, -0.05) is 26.0 Å². The van der Waals surface area contributed by atoms with E-state index in [1.54, 1.807) is 31.4 Å². The maximum absolute atomic E-state index is 12.3. The fourth-order valence-electron chi connectivity index (χ4n) is 2.58. The van der Waals surface area contributed by atoms with Crippen molar-refractivity contribution >= 4 is 23.6 Å². The number of carbonyl (C=O) groups excluding carboxylic acids is 2. The quantitative estimate of drug-likeness (QED) is 0.528. The van der Waals surface area contributed by atoms with Crippen molar-refractivity contribution in [1.82, 2.24) is 0 Å². The van der Waals surface area contributed by atoms with Crippen LogP contribution in [0.2, 0.25) is 0 Å². The summed E-state index contributed by atoms with van der Waals surface area (Å²) in [6.07, 6.45) is 1.89. The molecule has 0 aliphatic heterocycles. The third-order valence-corrected chi connectivity index (χ3v) is 4.35. The third-order valence-electron chi connectivity index (χ3n) is 4.35. The number of methoxy groups -OCH3 is 2. The maximum atomic E-state index is 12.3. The molecule has 2 rings (SSSR count). The number of rotatable bonds is 8. The van der Waals surface area contributed by atoms with Crippen molar-refractivity contribution < 1.29 is 23.8 Å². The Bertz CT molecular complexity index is 871. The van der Waals surface area contributed by atoms with Gasteiger partial charge in [-0.05, 0) is 48.7 Å². The van der Waals surface area contributed by atoms with Crippen molar-refractivity contribution in [2.45, 2.75) is 32.8 Å². The van der Waals surface area contributed by atoms with Crippen LogP contribution < -0.4 is 14.8 Å². The molecule has 154 valence electrons. The molecule has 29 heavy (non-hydrogen) atoms. The number of benzene rings is 2. The molecule has 1 amide bonds. The molecule has 1 N–H and O–H groups in total. The van der Waals surface area contributed by atoms with Crippen molar-refractivity contribution in [2.75, 3.05) is 19.5 Å². The van der Waals surface area contributed by atoms with E-state index in [1.165, 1.54) is 25.7 Å². The lowest BCUT2D eigenvalue weighted by atomic mass is 10.0. The van der Waals surface area contributed by atoms with Crippen LogP contribution in [0.5, 0.6) is 11.5 Å². The summed E-state index contributed by atoms with van der Waals surface area (Å²) in [7, 11) is 3.09. The minimum absolute atomic E-state index is 0.397. The average molecular weight is 397 g/mol. The van der Waals surface area contributed by atoms with E-state index in [9.17, 15) is 9.59 Å². The number of hydrogen-bond acceptors (Lipinski definition) is 5. The van der Waals surface area contributed by atoms with E-state index in [-0.39, 0.29) is 0 Å². The average Bonchev–Trinajstić information content (AvgIpc) is 2.72. The normalized spacial score (nSPS) is 11.9. The van der Waals surface area contributed by atoms with Crippen LogP contribution in [0.1, 0.15) is 37.8 Å². The second-order valence-corrected chi connectivity index (χ2v) is 6.79. The van der Waals surface area contributed by atoms with Crippen LogP contribution in [0.15, 0.2) is 48.5 Å². The molecular weight excluding hydrogens is 370 g/mol. The van der Waals surface area contributed by atoms with Crippen LogP contribution in [-0.2, 0) is 14.3 Å². The highest BCUT2D eigenvalue weighted by atomic mass is 16.5. The maximum Gasteiger partial charge on any atom is 0.331 e. The van der Waals surface area contributed by atoms with E-state index in [1.807, 2.05) is 24.3 Å². The first-order valence-electron chi connectivity index (χ1n) is 9.35. The second-order valence-electron chi connectivity index (χ2n) is 6.79. The Balaban J connectivity index is 1.94. The molecule has 0 aromatic heterocycles. The first-order chi connectivity index (χ1) is 13.8. The first kappa shape index (κ1) is 22.0. The lowest BCUT2D eigenvalue weighted by Gasteiger charge is -2.13. The Labute approximate surface area is 171 Å². The van der Waals surface area contributed by atoms with E-state index >= 15 is 0 Å². The molecular formula is C23H27NO5. The van der Waals surface area contributed by atoms with E-state index < -0.39 is 18.0 Å². The van der Waals surface area contributed by atoms with Gasteiger partial charge in [0.15, 0.2) is 6.10 Å². The highest BCUT2D eigenvalue weighted by Gasteiger charge is 2.17. The highest BCUT2D eigenvalue weighted by molar-refractivity contribution is 5.96. The third kappa shape index (κ3) is 6.38. The summed E-state index contributed by atoms with van der Waals surface area (Å²) in [6.45, 7) is 5.73. The minimum Gasteiger partial charge on any atom is -0.497 e. The van der Waals surface area contributed by atoms with Crippen molar-refractivity contribution in [1.29, 1.82) is 0 Å². The predicted molar refractivity (Wildman–Crippen MR) is 113 cm³/mol. The summed E-state index contributed by atoms with van der Waals surface area (Å²) in [5.41, 5.74) is 2.52. The predicted octanol–water partition coefficient (Wildman–Crippen LogP) is 4.41. The molecule has 0 aliphatic rings. The molecule has 2 aromatic carbocycles. The second kappa shape index (κ2) is 10.3. The number of amides is 1. The fraction of sp³-hybridized carbons (Fsp3) is 0.304. The van der Waals surface area contributed by atoms with Gasteiger partial charge in [0.05, 0.1) is 14.2 Å². The molecule has 0 saturated carbocycles. The smallest absolute Gasteiger partial charge is 0.331 e. The van der Waals surface area contributed by atoms with Gasteiger partial charge >= 0.3 is 5.97 Å². The van der Waals surface area contributed by atoms with E-state index in [4.69, 9.17) is 14.2 Å². The van der Waals surface area contributed by atoms with Crippen LogP contribution in [0.3, 0.4) is 0 Å². The molecule has 6 nitrogen and oxygen atoms in total. The Kier molecular flexibility index (Phi) is 7.83. The first-order valence-corrected chi connectivity index (χ1v) is 9.35. The van der Waals surface area contributed by atoms with Gasteiger partial charge in [-0.3, -0.25) is 4.79 Å². The molecule has 6 heteroatoms. The van der Waals surface area contributed by atoms with E-state index in [0.717, 1.165) is 0 Å². The lowest BCUT2D eigenvalue weighted by Crippen LogP contribution is -2.29. The van der Waals surface area contributed by atoms with Gasteiger partial charge in [0.2, 0.25) is 0 Å². The zero-order valence-corrected chi connectivity index (χ0v) is 17.4. The summed E-state index contributed by atoms with van der Waals surface area (Å²) in [6, 6.07) is 12.8. The highest BCUT2D eigenvalue weighted by Crippen LogP contribution is 2.25. The molecule has 0 unspecified atom stereocenters. The fourth-order valence-corrected chi connectivity index (χ4v) is 2.58. The largest absolute Gasteiger partial charge is 0.497 e. The van der Waals surface area contributed by atoms with Gasteiger partial charge in [0, 0.05) is 23.4 Å². The molecule has 1 atom stereocenters. The lowest BCUT2D eigenvalue weighted by molar-refractivity contribution is -0.148. The van der Waals surface area contributed by atoms with Crippen LogP contribution in [-0.4, -0.2) is 32.2 Å². The number of anilines is 1. The van der Waals surface area contributed by atoms with Gasteiger partial charge in [-0.2, -0.15) is 0 Å². The molecule has 0 heterocycles. The van der Waals surface area contributed by atoms with Crippen LogP contribution in [0, 0.1) is 0 Å².